The molecule has 0 unspecified atom stereocenters. The molecule has 0 radical (unpaired) electrons. The number of aromatic carboxylic acids is 1. The number of phenolic OH excluding ortho intramolecular Hbond substituents is 1. The van der Waals surface area contributed by atoms with E-state index in [9.17, 15) is 24.6 Å². The smallest absolute Gasteiger partial charge is 0.343 e. The number of methoxy groups -OCH3 is 1. The largest absolute Gasteiger partial charge is 0.504 e. The minimum absolute atomic E-state index is 0.0313. The van der Waals surface area contributed by atoms with E-state index in [4.69, 9.17) is 14.2 Å². The highest BCUT2D eigenvalue weighted by Gasteiger charge is 2.28. The molecule has 0 saturated carbocycles. The van der Waals surface area contributed by atoms with Gasteiger partial charge in [0, 0.05) is 12.5 Å². The zero-order valence-electron chi connectivity index (χ0n) is 18.1. The maximum absolute atomic E-state index is 12.1. The molecule has 2 N–H and O–H groups in total. The first-order chi connectivity index (χ1) is 14.6. The number of rotatable bonds is 9. The average Bonchev–Trinajstić information content (AvgIpc) is 2.67. The molecule has 0 saturated heterocycles. The van der Waals surface area contributed by atoms with Crippen LogP contribution in [0.5, 0.6) is 23.0 Å². The van der Waals surface area contributed by atoms with E-state index in [1.807, 2.05) is 13.8 Å². The van der Waals surface area contributed by atoms with Crippen LogP contribution in [0, 0.1) is 12.8 Å². The molecule has 8 heteroatoms. The van der Waals surface area contributed by atoms with Crippen LogP contribution in [0.2, 0.25) is 0 Å². The minimum Gasteiger partial charge on any atom is -0.504 e. The molecule has 0 aromatic heterocycles. The topological polar surface area (TPSA) is 119 Å². The summed E-state index contributed by atoms with van der Waals surface area (Å²) in [6.07, 6.45) is 0.231. The lowest BCUT2D eigenvalue weighted by molar-refractivity contribution is -0.147. The molecule has 2 aromatic carbocycles. The van der Waals surface area contributed by atoms with E-state index in [0.717, 1.165) is 0 Å². The highest BCUT2D eigenvalue weighted by atomic mass is 16.5. The minimum atomic E-state index is -1.35. The Hall–Kier alpha value is -3.55. The number of phenols is 1. The van der Waals surface area contributed by atoms with Gasteiger partial charge in [-0.25, -0.2) is 4.79 Å². The van der Waals surface area contributed by atoms with E-state index < -0.39 is 18.0 Å². The fourth-order valence-corrected chi connectivity index (χ4v) is 3.30. The van der Waals surface area contributed by atoms with Crippen molar-refractivity contribution in [2.24, 2.45) is 5.92 Å². The monoisotopic (exact) mass is 430 g/mol. The second-order valence-electron chi connectivity index (χ2n) is 7.52. The number of carbonyl (C=O) groups is 3. The normalized spacial score (nSPS) is 11.7. The molecule has 0 heterocycles. The fourth-order valence-electron chi connectivity index (χ4n) is 3.30. The number of benzene rings is 2. The summed E-state index contributed by atoms with van der Waals surface area (Å²) in [4.78, 5) is 35.1. The number of carbonyl (C=O) groups excluding carboxylic acids is 2. The Labute approximate surface area is 180 Å². The lowest BCUT2D eigenvalue weighted by atomic mass is 9.96. The highest BCUT2D eigenvalue weighted by Crippen LogP contribution is 2.42. The number of aromatic hydroxyl groups is 1. The van der Waals surface area contributed by atoms with E-state index >= 15 is 0 Å². The number of esters is 1. The van der Waals surface area contributed by atoms with Crippen molar-refractivity contribution in [3.05, 3.63) is 46.5 Å². The molecule has 0 fully saturated rings. The first-order valence-electron chi connectivity index (χ1n) is 9.67. The van der Waals surface area contributed by atoms with E-state index in [2.05, 4.69) is 0 Å². The van der Waals surface area contributed by atoms with Crippen LogP contribution in [0.4, 0.5) is 0 Å². The Bertz CT molecular complexity index is 994. The second kappa shape index (κ2) is 9.97. The number of aldehydes is 1. The van der Waals surface area contributed by atoms with Crippen molar-refractivity contribution >= 4 is 18.2 Å². The van der Waals surface area contributed by atoms with E-state index in [-0.39, 0.29) is 40.0 Å². The summed E-state index contributed by atoms with van der Waals surface area (Å²) < 4.78 is 16.5. The van der Waals surface area contributed by atoms with Crippen LogP contribution >= 0.6 is 0 Å². The van der Waals surface area contributed by atoms with Gasteiger partial charge in [0.2, 0.25) is 0 Å². The van der Waals surface area contributed by atoms with Crippen molar-refractivity contribution in [1.29, 1.82) is 0 Å². The van der Waals surface area contributed by atoms with Crippen LogP contribution in [0.25, 0.3) is 0 Å². The van der Waals surface area contributed by atoms with Crippen LogP contribution in [0.3, 0.4) is 0 Å². The molecule has 0 bridgehead atoms. The van der Waals surface area contributed by atoms with E-state index in [1.165, 1.54) is 32.2 Å². The fraction of sp³-hybridized carbons (Fsp3) is 0.348. The summed E-state index contributed by atoms with van der Waals surface area (Å²) in [5.74, 6) is -2.35. The summed E-state index contributed by atoms with van der Waals surface area (Å²) in [6, 6.07) is 5.83. The van der Waals surface area contributed by atoms with Gasteiger partial charge in [-0.1, -0.05) is 13.8 Å². The van der Waals surface area contributed by atoms with Crippen LogP contribution < -0.4 is 9.47 Å². The number of aryl methyl sites for hydroxylation is 1. The van der Waals surface area contributed by atoms with Crippen molar-refractivity contribution < 1.29 is 38.8 Å². The van der Waals surface area contributed by atoms with Crippen LogP contribution in [0.15, 0.2) is 24.3 Å². The maximum Gasteiger partial charge on any atom is 0.343 e. The second-order valence-corrected chi connectivity index (χ2v) is 7.52. The van der Waals surface area contributed by atoms with E-state index in [1.54, 1.807) is 13.0 Å². The predicted octanol–water partition coefficient (Wildman–Crippen LogP) is 4.66. The summed E-state index contributed by atoms with van der Waals surface area (Å²) in [5.41, 5.74) is 0.753. The number of ether oxygens (including phenoxy) is 3. The Morgan fingerprint density at radius 3 is 2.35 bits per heavy atom. The maximum atomic E-state index is 12.1. The van der Waals surface area contributed by atoms with Crippen molar-refractivity contribution in [2.45, 2.75) is 40.2 Å². The van der Waals surface area contributed by atoms with Gasteiger partial charge in [-0.05, 0) is 49.1 Å². The molecule has 0 spiro atoms. The number of carboxylic acid groups (broad SMARTS) is 1. The van der Waals surface area contributed by atoms with Crippen molar-refractivity contribution in [2.75, 3.05) is 7.11 Å². The van der Waals surface area contributed by atoms with Crippen molar-refractivity contribution in [1.82, 2.24) is 0 Å². The molecule has 2 aromatic rings. The third kappa shape index (κ3) is 5.53. The zero-order chi connectivity index (χ0) is 23.3. The lowest BCUT2D eigenvalue weighted by Crippen LogP contribution is -2.14. The lowest BCUT2D eigenvalue weighted by Gasteiger charge is -2.23. The number of carboxylic acids is 1. The Kier molecular flexibility index (Phi) is 7.63. The van der Waals surface area contributed by atoms with Gasteiger partial charge in [0.25, 0.3) is 0 Å². The zero-order valence-corrected chi connectivity index (χ0v) is 18.1. The Balaban J connectivity index is 2.66. The third-order valence-electron chi connectivity index (χ3n) is 4.49. The Morgan fingerprint density at radius 1 is 1.16 bits per heavy atom. The molecule has 8 nitrogen and oxygen atoms in total. The molecule has 2 rings (SSSR count). The molecule has 31 heavy (non-hydrogen) atoms. The average molecular weight is 430 g/mol. The third-order valence-corrected chi connectivity index (χ3v) is 4.49. The van der Waals surface area contributed by atoms with Gasteiger partial charge in [0.15, 0.2) is 17.8 Å². The Morgan fingerprint density at radius 2 is 1.84 bits per heavy atom. The SMILES string of the molecule is COc1c([C@H](CC(C)C)OC(C)=O)ccc(Oc2c(O)cc(C)cc2C=O)c1C(=O)O. The molecular formula is C23H26O8. The van der Waals surface area contributed by atoms with Crippen molar-refractivity contribution in [3.63, 3.8) is 0 Å². The van der Waals surface area contributed by atoms with Gasteiger partial charge >= 0.3 is 11.9 Å². The molecule has 0 aliphatic carbocycles. The van der Waals surface area contributed by atoms with Crippen LogP contribution in [0.1, 0.15) is 65.1 Å². The van der Waals surface area contributed by atoms with Gasteiger partial charge in [0.05, 0.1) is 12.7 Å². The predicted molar refractivity (Wildman–Crippen MR) is 112 cm³/mol. The van der Waals surface area contributed by atoms with Gasteiger partial charge in [-0.15, -0.1) is 0 Å². The van der Waals surface area contributed by atoms with Crippen LogP contribution in [-0.2, 0) is 9.53 Å². The van der Waals surface area contributed by atoms with Crippen LogP contribution in [-0.4, -0.2) is 35.5 Å². The quantitative estimate of drug-likeness (QED) is 0.435. The first kappa shape index (κ1) is 23.7. The number of hydrogen-bond acceptors (Lipinski definition) is 7. The highest BCUT2D eigenvalue weighted by molar-refractivity contribution is 5.95. The molecule has 0 aliphatic rings. The van der Waals surface area contributed by atoms with E-state index in [0.29, 0.717) is 23.8 Å². The molecule has 0 aliphatic heterocycles. The summed E-state index contributed by atoms with van der Waals surface area (Å²) >= 11 is 0. The molecular weight excluding hydrogens is 404 g/mol. The van der Waals surface area contributed by atoms with Gasteiger partial charge in [0.1, 0.15) is 23.2 Å². The standard InChI is InChI=1S/C23H26O8/c1-12(2)8-19(30-14(4)25)16-6-7-18(20(23(27)28)22(16)29-5)31-21-15(11-24)9-13(3)10-17(21)26/h6-7,9-12,19,26H,8H2,1-5H3,(H,27,28)/t19-/m0/s1. The van der Waals surface area contributed by atoms with Gasteiger partial charge < -0.3 is 24.4 Å². The molecule has 1 atom stereocenters. The summed E-state index contributed by atoms with van der Waals surface area (Å²) in [7, 11) is 1.30. The molecule has 166 valence electrons. The molecule has 0 amide bonds. The summed E-state index contributed by atoms with van der Waals surface area (Å²) in [6.45, 7) is 6.86. The van der Waals surface area contributed by atoms with Gasteiger partial charge in [-0.2, -0.15) is 0 Å². The number of hydrogen-bond donors (Lipinski definition) is 2. The van der Waals surface area contributed by atoms with Crippen molar-refractivity contribution in [3.8, 4) is 23.0 Å². The van der Waals surface area contributed by atoms with Gasteiger partial charge in [-0.3, -0.25) is 9.59 Å². The summed E-state index contributed by atoms with van der Waals surface area (Å²) in [5, 5.41) is 20.1. The first-order valence-corrected chi connectivity index (χ1v) is 9.67.